The van der Waals surface area contributed by atoms with Gasteiger partial charge in [0.05, 0.1) is 0 Å². The van der Waals surface area contributed by atoms with Crippen molar-refractivity contribution in [2.75, 3.05) is 32.8 Å². The number of nitrogens with one attached hydrogen (secondary N) is 1. The van der Waals surface area contributed by atoms with Gasteiger partial charge in [-0.2, -0.15) is 0 Å². The summed E-state index contributed by atoms with van der Waals surface area (Å²) in [5.41, 5.74) is 0.301. The minimum absolute atomic E-state index is 0.301. The molecule has 0 saturated carbocycles. The normalized spacial score (nSPS) is 29.7. The van der Waals surface area contributed by atoms with Crippen molar-refractivity contribution in [3.63, 3.8) is 0 Å². The highest BCUT2D eigenvalue weighted by molar-refractivity contribution is 4.94. The maximum atomic E-state index is 5.46. The standard InChI is InChI=1S/C15H32N2O/c1-5-9-14-12-16-15(4,6-2)13-17(14)10-8-11-18-7-3/h14,16H,5-13H2,1-4H3. The Morgan fingerprint density at radius 1 is 1.33 bits per heavy atom. The molecule has 1 aliphatic heterocycles. The molecular formula is C15H32N2O. The van der Waals surface area contributed by atoms with Gasteiger partial charge in [-0.05, 0) is 33.1 Å². The number of rotatable bonds is 8. The van der Waals surface area contributed by atoms with Gasteiger partial charge >= 0.3 is 0 Å². The van der Waals surface area contributed by atoms with Crippen LogP contribution in [0.2, 0.25) is 0 Å². The predicted molar refractivity (Wildman–Crippen MR) is 78.1 cm³/mol. The van der Waals surface area contributed by atoms with Gasteiger partial charge in [-0.3, -0.25) is 4.90 Å². The minimum Gasteiger partial charge on any atom is -0.382 e. The molecule has 1 heterocycles. The average molecular weight is 256 g/mol. The molecule has 0 spiro atoms. The second kappa shape index (κ2) is 8.13. The van der Waals surface area contributed by atoms with Crippen LogP contribution in [0.3, 0.4) is 0 Å². The van der Waals surface area contributed by atoms with Crippen LogP contribution in [-0.2, 0) is 4.74 Å². The monoisotopic (exact) mass is 256 g/mol. The summed E-state index contributed by atoms with van der Waals surface area (Å²) in [6.07, 6.45) is 4.94. The van der Waals surface area contributed by atoms with E-state index in [1.807, 2.05) is 0 Å². The van der Waals surface area contributed by atoms with E-state index in [9.17, 15) is 0 Å². The van der Waals surface area contributed by atoms with E-state index in [0.29, 0.717) is 5.54 Å². The smallest absolute Gasteiger partial charge is 0.0478 e. The van der Waals surface area contributed by atoms with Crippen LogP contribution in [0, 0.1) is 0 Å². The first-order valence-corrected chi connectivity index (χ1v) is 7.72. The second-order valence-electron chi connectivity index (χ2n) is 5.76. The largest absolute Gasteiger partial charge is 0.382 e. The Morgan fingerprint density at radius 3 is 2.72 bits per heavy atom. The van der Waals surface area contributed by atoms with Crippen LogP contribution in [0.5, 0.6) is 0 Å². The summed E-state index contributed by atoms with van der Waals surface area (Å²) in [6.45, 7) is 14.2. The number of ether oxygens (including phenoxy) is 1. The molecule has 1 aliphatic rings. The third-order valence-corrected chi connectivity index (χ3v) is 4.17. The van der Waals surface area contributed by atoms with E-state index >= 15 is 0 Å². The fraction of sp³-hybridized carbons (Fsp3) is 1.00. The summed E-state index contributed by atoms with van der Waals surface area (Å²) in [7, 11) is 0. The van der Waals surface area contributed by atoms with Crippen molar-refractivity contribution in [3.05, 3.63) is 0 Å². The van der Waals surface area contributed by atoms with E-state index < -0.39 is 0 Å². The molecule has 0 aliphatic carbocycles. The SMILES string of the molecule is CCCC1CNC(C)(CC)CN1CCCOCC. The summed E-state index contributed by atoms with van der Waals surface area (Å²) in [4.78, 5) is 2.68. The van der Waals surface area contributed by atoms with Gasteiger partial charge in [0, 0.05) is 44.4 Å². The van der Waals surface area contributed by atoms with Gasteiger partial charge in [0.25, 0.3) is 0 Å². The van der Waals surface area contributed by atoms with Gasteiger partial charge < -0.3 is 10.1 Å². The van der Waals surface area contributed by atoms with E-state index in [2.05, 4.69) is 37.9 Å². The summed E-state index contributed by atoms with van der Waals surface area (Å²) >= 11 is 0. The Bertz CT molecular complexity index is 223. The van der Waals surface area contributed by atoms with Crippen molar-refractivity contribution in [2.24, 2.45) is 0 Å². The van der Waals surface area contributed by atoms with E-state index in [1.165, 1.54) is 32.4 Å². The lowest BCUT2D eigenvalue weighted by molar-refractivity contribution is 0.0644. The van der Waals surface area contributed by atoms with Gasteiger partial charge in [0.2, 0.25) is 0 Å². The van der Waals surface area contributed by atoms with Crippen LogP contribution in [-0.4, -0.2) is 49.3 Å². The zero-order valence-corrected chi connectivity index (χ0v) is 12.8. The maximum Gasteiger partial charge on any atom is 0.0478 e. The van der Waals surface area contributed by atoms with Crippen LogP contribution in [0.25, 0.3) is 0 Å². The highest BCUT2D eigenvalue weighted by atomic mass is 16.5. The second-order valence-corrected chi connectivity index (χ2v) is 5.76. The van der Waals surface area contributed by atoms with Crippen LogP contribution < -0.4 is 5.32 Å². The third-order valence-electron chi connectivity index (χ3n) is 4.17. The van der Waals surface area contributed by atoms with Crippen LogP contribution in [0.4, 0.5) is 0 Å². The molecule has 1 saturated heterocycles. The Labute approximate surface area is 113 Å². The number of piperazine rings is 1. The molecule has 2 atom stereocenters. The van der Waals surface area contributed by atoms with Crippen molar-refractivity contribution in [1.82, 2.24) is 10.2 Å². The maximum absolute atomic E-state index is 5.46. The molecular weight excluding hydrogens is 224 g/mol. The average Bonchev–Trinajstić information content (AvgIpc) is 2.38. The molecule has 0 aromatic rings. The first-order valence-electron chi connectivity index (χ1n) is 7.72. The molecule has 3 heteroatoms. The quantitative estimate of drug-likeness (QED) is 0.676. The van der Waals surface area contributed by atoms with Crippen LogP contribution in [0.15, 0.2) is 0 Å². The predicted octanol–water partition coefficient (Wildman–Crippen LogP) is 2.66. The van der Waals surface area contributed by atoms with E-state index in [0.717, 1.165) is 32.2 Å². The van der Waals surface area contributed by atoms with Gasteiger partial charge in [0.1, 0.15) is 0 Å². The van der Waals surface area contributed by atoms with E-state index in [-0.39, 0.29) is 0 Å². The molecule has 1 fully saturated rings. The summed E-state index contributed by atoms with van der Waals surface area (Å²) in [6, 6.07) is 0.719. The summed E-state index contributed by atoms with van der Waals surface area (Å²) in [5, 5.41) is 3.74. The summed E-state index contributed by atoms with van der Waals surface area (Å²) < 4.78 is 5.46. The highest BCUT2D eigenvalue weighted by Crippen LogP contribution is 2.21. The van der Waals surface area contributed by atoms with E-state index in [4.69, 9.17) is 4.74 Å². The molecule has 1 rings (SSSR count). The summed E-state index contributed by atoms with van der Waals surface area (Å²) in [5.74, 6) is 0. The van der Waals surface area contributed by atoms with Crippen molar-refractivity contribution < 1.29 is 4.74 Å². The Morgan fingerprint density at radius 2 is 2.11 bits per heavy atom. The van der Waals surface area contributed by atoms with Gasteiger partial charge in [-0.1, -0.05) is 20.3 Å². The van der Waals surface area contributed by atoms with Crippen LogP contribution in [0.1, 0.15) is 53.4 Å². The number of nitrogens with zero attached hydrogens (tertiary/aromatic N) is 1. The van der Waals surface area contributed by atoms with Gasteiger partial charge in [-0.25, -0.2) is 0 Å². The number of hydrogen-bond acceptors (Lipinski definition) is 3. The lowest BCUT2D eigenvalue weighted by Gasteiger charge is -2.46. The molecule has 0 bridgehead atoms. The molecule has 2 unspecified atom stereocenters. The molecule has 3 nitrogen and oxygen atoms in total. The first kappa shape index (κ1) is 15.9. The Balaban J connectivity index is 2.44. The lowest BCUT2D eigenvalue weighted by Crippen LogP contribution is -2.62. The third kappa shape index (κ3) is 4.87. The molecule has 0 amide bonds. The van der Waals surface area contributed by atoms with Gasteiger partial charge in [0.15, 0.2) is 0 Å². The van der Waals surface area contributed by atoms with Crippen molar-refractivity contribution >= 4 is 0 Å². The molecule has 1 N–H and O–H groups in total. The Hall–Kier alpha value is -0.120. The molecule has 18 heavy (non-hydrogen) atoms. The Kier molecular flexibility index (Phi) is 7.20. The highest BCUT2D eigenvalue weighted by Gasteiger charge is 2.33. The molecule has 0 aromatic carbocycles. The zero-order chi connectivity index (χ0) is 13.4. The molecule has 0 radical (unpaired) electrons. The molecule has 108 valence electrons. The van der Waals surface area contributed by atoms with Crippen LogP contribution >= 0.6 is 0 Å². The van der Waals surface area contributed by atoms with Crippen molar-refractivity contribution in [1.29, 1.82) is 0 Å². The fourth-order valence-electron chi connectivity index (χ4n) is 2.76. The number of hydrogen-bond donors (Lipinski definition) is 1. The van der Waals surface area contributed by atoms with Crippen molar-refractivity contribution in [3.8, 4) is 0 Å². The van der Waals surface area contributed by atoms with Crippen molar-refractivity contribution in [2.45, 2.75) is 65.0 Å². The fourth-order valence-corrected chi connectivity index (χ4v) is 2.76. The first-order chi connectivity index (χ1) is 8.65. The topological polar surface area (TPSA) is 24.5 Å². The molecule has 0 aromatic heterocycles. The van der Waals surface area contributed by atoms with Gasteiger partial charge in [-0.15, -0.1) is 0 Å². The zero-order valence-electron chi connectivity index (χ0n) is 12.8. The van der Waals surface area contributed by atoms with E-state index in [1.54, 1.807) is 0 Å². The minimum atomic E-state index is 0.301. The lowest BCUT2D eigenvalue weighted by atomic mass is 9.92.